The fraction of sp³-hybridized carbons (Fsp3) is 0.444. The molecule has 0 radical (unpaired) electrons. The van der Waals surface area contributed by atoms with Gasteiger partial charge in [-0.2, -0.15) is 0 Å². The van der Waals surface area contributed by atoms with Crippen LogP contribution < -0.4 is 22.3 Å². The maximum Gasteiger partial charge on any atom is 0.224 e. The highest BCUT2D eigenvalue weighted by Crippen LogP contribution is 2.15. The van der Waals surface area contributed by atoms with Crippen LogP contribution in [0.15, 0.2) is 12.4 Å². The first-order chi connectivity index (χ1) is 7.45. The van der Waals surface area contributed by atoms with E-state index >= 15 is 0 Å². The van der Waals surface area contributed by atoms with Gasteiger partial charge in [-0.1, -0.05) is 0 Å². The van der Waals surface area contributed by atoms with Crippen molar-refractivity contribution in [2.24, 2.45) is 17.0 Å². The van der Waals surface area contributed by atoms with Crippen LogP contribution >= 0.6 is 0 Å². The molecule has 0 spiro atoms. The van der Waals surface area contributed by atoms with Gasteiger partial charge < -0.3 is 16.5 Å². The van der Waals surface area contributed by atoms with Gasteiger partial charge in [-0.15, -0.1) is 0 Å². The molecule has 0 aromatic carbocycles. The molecule has 0 saturated carbocycles. The summed E-state index contributed by atoms with van der Waals surface area (Å²) in [5.41, 5.74) is 7.01. The standard InChI is InChI=1S/C9H16N6O/c1-9(2,8(10)16)4-12-6-3-7(15-11)14-5-13-6/h3,5H,4,11H2,1-2H3,(H2,10,16)(H2,12,13,14,15). The topological polar surface area (TPSA) is 119 Å². The quantitative estimate of drug-likeness (QED) is 0.402. The second-order valence-corrected chi connectivity index (χ2v) is 4.03. The number of nitrogens with zero attached hydrogens (tertiary/aromatic N) is 2. The SMILES string of the molecule is CC(C)(CNc1cc(NN)ncn1)C(N)=O. The Bertz CT molecular complexity index is 378. The van der Waals surface area contributed by atoms with Crippen LogP contribution in [0.5, 0.6) is 0 Å². The van der Waals surface area contributed by atoms with E-state index in [0.29, 0.717) is 18.2 Å². The molecule has 7 heteroatoms. The highest BCUT2D eigenvalue weighted by atomic mass is 16.1. The van der Waals surface area contributed by atoms with E-state index in [-0.39, 0.29) is 5.91 Å². The first-order valence-corrected chi connectivity index (χ1v) is 4.78. The number of carbonyl (C=O) groups is 1. The molecule has 1 heterocycles. The molecular formula is C9H16N6O. The first-order valence-electron chi connectivity index (χ1n) is 4.78. The van der Waals surface area contributed by atoms with Crippen LogP contribution in [-0.2, 0) is 4.79 Å². The zero-order chi connectivity index (χ0) is 12.2. The minimum atomic E-state index is -0.638. The molecule has 0 aliphatic rings. The van der Waals surface area contributed by atoms with Gasteiger partial charge in [0.1, 0.15) is 18.0 Å². The molecule has 0 fully saturated rings. The lowest BCUT2D eigenvalue weighted by Crippen LogP contribution is -2.37. The number of nitrogen functional groups attached to an aromatic ring is 1. The summed E-state index contributed by atoms with van der Waals surface area (Å²) in [5, 5.41) is 2.99. The minimum Gasteiger partial charge on any atom is -0.369 e. The molecule has 88 valence electrons. The van der Waals surface area contributed by atoms with E-state index in [1.54, 1.807) is 19.9 Å². The van der Waals surface area contributed by atoms with Gasteiger partial charge in [-0.25, -0.2) is 15.8 Å². The Morgan fingerprint density at radius 2 is 2.06 bits per heavy atom. The number of nitrogens with one attached hydrogen (secondary N) is 2. The Morgan fingerprint density at radius 3 is 2.62 bits per heavy atom. The van der Waals surface area contributed by atoms with Crippen LogP contribution in [-0.4, -0.2) is 22.4 Å². The van der Waals surface area contributed by atoms with Crippen molar-refractivity contribution in [3.8, 4) is 0 Å². The third-order valence-corrected chi connectivity index (χ3v) is 2.19. The molecule has 1 amide bonds. The van der Waals surface area contributed by atoms with Gasteiger partial charge in [0.05, 0.1) is 5.41 Å². The van der Waals surface area contributed by atoms with E-state index in [2.05, 4.69) is 20.7 Å². The first kappa shape index (κ1) is 12.2. The summed E-state index contributed by atoms with van der Waals surface area (Å²) in [5.74, 6) is 5.91. The molecule has 1 aromatic heterocycles. The van der Waals surface area contributed by atoms with Crippen molar-refractivity contribution in [2.45, 2.75) is 13.8 Å². The molecule has 0 saturated heterocycles. The van der Waals surface area contributed by atoms with Gasteiger partial charge in [0.15, 0.2) is 0 Å². The average molecular weight is 224 g/mol. The minimum absolute atomic E-state index is 0.369. The number of aromatic nitrogens is 2. The van der Waals surface area contributed by atoms with Gasteiger partial charge in [0.25, 0.3) is 0 Å². The fourth-order valence-corrected chi connectivity index (χ4v) is 0.932. The molecule has 6 N–H and O–H groups in total. The number of hydrogen-bond donors (Lipinski definition) is 4. The zero-order valence-electron chi connectivity index (χ0n) is 9.32. The average Bonchev–Trinajstić information content (AvgIpc) is 2.26. The van der Waals surface area contributed by atoms with Crippen molar-refractivity contribution in [3.05, 3.63) is 12.4 Å². The van der Waals surface area contributed by atoms with Gasteiger partial charge in [0, 0.05) is 12.6 Å². The molecule has 0 atom stereocenters. The van der Waals surface area contributed by atoms with Crippen molar-refractivity contribution in [1.29, 1.82) is 0 Å². The smallest absolute Gasteiger partial charge is 0.224 e. The third-order valence-electron chi connectivity index (χ3n) is 2.19. The van der Waals surface area contributed by atoms with E-state index in [9.17, 15) is 4.79 Å². The van der Waals surface area contributed by atoms with Crippen molar-refractivity contribution in [1.82, 2.24) is 9.97 Å². The van der Waals surface area contributed by atoms with Crippen molar-refractivity contribution >= 4 is 17.5 Å². The number of anilines is 2. The summed E-state index contributed by atoms with van der Waals surface area (Å²) >= 11 is 0. The highest BCUT2D eigenvalue weighted by Gasteiger charge is 2.24. The normalized spacial score (nSPS) is 10.9. The fourth-order valence-electron chi connectivity index (χ4n) is 0.932. The zero-order valence-corrected chi connectivity index (χ0v) is 9.32. The van der Waals surface area contributed by atoms with E-state index in [1.165, 1.54) is 6.33 Å². The molecule has 0 aliphatic heterocycles. The largest absolute Gasteiger partial charge is 0.369 e. The van der Waals surface area contributed by atoms with Crippen LogP contribution in [0.1, 0.15) is 13.8 Å². The van der Waals surface area contributed by atoms with Crippen molar-refractivity contribution in [2.75, 3.05) is 17.3 Å². The lowest BCUT2D eigenvalue weighted by atomic mass is 9.93. The Kier molecular flexibility index (Phi) is 3.62. The van der Waals surface area contributed by atoms with E-state index < -0.39 is 5.41 Å². The maximum absolute atomic E-state index is 11.1. The lowest BCUT2D eigenvalue weighted by molar-refractivity contribution is -0.125. The number of rotatable bonds is 5. The summed E-state index contributed by atoms with van der Waals surface area (Å²) in [7, 11) is 0. The molecular weight excluding hydrogens is 208 g/mol. The van der Waals surface area contributed by atoms with E-state index in [0.717, 1.165) is 0 Å². The maximum atomic E-state index is 11.1. The summed E-state index contributed by atoms with van der Waals surface area (Å²) in [4.78, 5) is 18.9. The number of nitrogens with two attached hydrogens (primary N) is 2. The highest BCUT2D eigenvalue weighted by molar-refractivity contribution is 5.80. The Hall–Kier alpha value is -1.89. The Balaban J connectivity index is 2.64. The van der Waals surface area contributed by atoms with Gasteiger partial charge >= 0.3 is 0 Å². The molecule has 1 rings (SSSR count). The predicted molar refractivity (Wildman–Crippen MR) is 61.3 cm³/mol. The number of hydrogen-bond acceptors (Lipinski definition) is 6. The lowest BCUT2D eigenvalue weighted by Gasteiger charge is -2.21. The summed E-state index contributed by atoms with van der Waals surface area (Å²) < 4.78 is 0. The van der Waals surface area contributed by atoms with Gasteiger partial charge in [-0.05, 0) is 13.8 Å². The van der Waals surface area contributed by atoms with Gasteiger partial charge in [-0.3, -0.25) is 4.79 Å². The molecule has 16 heavy (non-hydrogen) atoms. The van der Waals surface area contributed by atoms with E-state index in [1.807, 2.05) is 0 Å². The van der Waals surface area contributed by atoms with Crippen LogP contribution in [0.2, 0.25) is 0 Å². The number of hydrazine groups is 1. The molecule has 0 aliphatic carbocycles. The van der Waals surface area contributed by atoms with Crippen LogP contribution in [0, 0.1) is 5.41 Å². The molecule has 0 unspecified atom stereocenters. The summed E-state index contributed by atoms with van der Waals surface area (Å²) in [6, 6.07) is 1.64. The number of carbonyl (C=O) groups excluding carboxylic acids is 1. The Morgan fingerprint density at radius 1 is 1.44 bits per heavy atom. The van der Waals surface area contributed by atoms with Crippen molar-refractivity contribution < 1.29 is 4.79 Å². The van der Waals surface area contributed by atoms with Gasteiger partial charge in [0.2, 0.25) is 5.91 Å². The molecule has 0 bridgehead atoms. The predicted octanol–water partition coefficient (Wildman–Crippen LogP) is -0.314. The summed E-state index contributed by atoms with van der Waals surface area (Å²) in [6.45, 7) is 3.90. The number of primary amides is 1. The second kappa shape index (κ2) is 4.75. The van der Waals surface area contributed by atoms with Crippen LogP contribution in [0.4, 0.5) is 11.6 Å². The summed E-state index contributed by atoms with van der Waals surface area (Å²) in [6.07, 6.45) is 1.37. The second-order valence-electron chi connectivity index (χ2n) is 4.03. The van der Waals surface area contributed by atoms with Crippen molar-refractivity contribution in [3.63, 3.8) is 0 Å². The Labute approximate surface area is 93.6 Å². The van der Waals surface area contributed by atoms with Crippen LogP contribution in [0.3, 0.4) is 0 Å². The monoisotopic (exact) mass is 224 g/mol. The van der Waals surface area contributed by atoms with E-state index in [4.69, 9.17) is 11.6 Å². The third kappa shape index (κ3) is 3.06. The van der Waals surface area contributed by atoms with Crippen LogP contribution in [0.25, 0.3) is 0 Å². The molecule has 1 aromatic rings. The number of amides is 1. The molecule has 7 nitrogen and oxygen atoms in total.